The van der Waals surface area contributed by atoms with Gasteiger partial charge in [0.2, 0.25) is 0 Å². The normalized spacial score (nSPS) is 19.7. The topological polar surface area (TPSA) is 12.0 Å². The van der Waals surface area contributed by atoms with Crippen LogP contribution in [-0.2, 0) is 0 Å². The van der Waals surface area contributed by atoms with E-state index in [1.807, 2.05) is 0 Å². The van der Waals surface area contributed by atoms with Crippen LogP contribution in [0.15, 0.2) is 42.5 Å². The maximum Gasteiger partial charge on any atom is 0.0372 e. The standard InChI is InChI=1S/C18H23N/c1-18(11-5-6-12-18)17(19-2)16-10-9-14-7-3-4-8-15(14)13-16/h3-4,7-10,13,17,19H,5-6,11-12H2,1-2H3. The molecule has 1 nitrogen and oxygen atoms in total. The average molecular weight is 253 g/mol. The third-order valence-corrected chi connectivity index (χ3v) is 4.84. The van der Waals surface area contributed by atoms with Gasteiger partial charge in [0.05, 0.1) is 0 Å². The van der Waals surface area contributed by atoms with Gasteiger partial charge in [-0.15, -0.1) is 0 Å². The van der Waals surface area contributed by atoms with Gasteiger partial charge in [-0.2, -0.15) is 0 Å². The molecule has 1 aliphatic rings. The highest BCUT2D eigenvalue weighted by atomic mass is 14.9. The van der Waals surface area contributed by atoms with Crippen LogP contribution < -0.4 is 5.32 Å². The lowest BCUT2D eigenvalue weighted by molar-refractivity contribution is 0.234. The summed E-state index contributed by atoms with van der Waals surface area (Å²) in [5.41, 5.74) is 1.85. The molecule has 1 atom stereocenters. The van der Waals surface area contributed by atoms with Gasteiger partial charge in [0, 0.05) is 6.04 Å². The minimum Gasteiger partial charge on any atom is -0.313 e. The molecule has 1 unspecified atom stereocenters. The fraction of sp³-hybridized carbons (Fsp3) is 0.444. The van der Waals surface area contributed by atoms with Crippen molar-refractivity contribution in [3.63, 3.8) is 0 Å². The van der Waals surface area contributed by atoms with E-state index in [0.717, 1.165) is 0 Å². The van der Waals surface area contributed by atoms with Crippen molar-refractivity contribution in [3.8, 4) is 0 Å². The third-order valence-electron chi connectivity index (χ3n) is 4.84. The molecule has 0 aliphatic heterocycles. The van der Waals surface area contributed by atoms with Gasteiger partial charge in [0.25, 0.3) is 0 Å². The number of fused-ring (bicyclic) bond motifs is 1. The van der Waals surface area contributed by atoms with Gasteiger partial charge in [0.1, 0.15) is 0 Å². The highest BCUT2D eigenvalue weighted by Crippen LogP contribution is 2.47. The minimum atomic E-state index is 0.414. The summed E-state index contributed by atoms with van der Waals surface area (Å²) in [5, 5.41) is 6.25. The van der Waals surface area contributed by atoms with E-state index < -0.39 is 0 Å². The van der Waals surface area contributed by atoms with Crippen LogP contribution in [0.3, 0.4) is 0 Å². The van der Waals surface area contributed by atoms with Crippen LogP contribution in [0.2, 0.25) is 0 Å². The molecule has 3 rings (SSSR count). The van der Waals surface area contributed by atoms with E-state index in [1.165, 1.54) is 42.0 Å². The maximum absolute atomic E-state index is 3.57. The van der Waals surface area contributed by atoms with Crippen LogP contribution in [-0.4, -0.2) is 7.05 Å². The van der Waals surface area contributed by atoms with E-state index in [0.29, 0.717) is 11.5 Å². The lowest BCUT2D eigenvalue weighted by Crippen LogP contribution is -2.32. The summed E-state index contributed by atoms with van der Waals surface area (Å²) < 4.78 is 0. The first-order valence-corrected chi connectivity index (χ1v) is 7.39. The van der Waals surface area contributed by atoms with E-state index >= 15 is 0 Å². The maximum atomic E-state index is 3.57. The predicted octanol–water partition coefficient (Wildman–Crippen LogP) is 4.68. The van der Waals surface area contributed by atoms with Crippen LogP contribution in [0, 0.1) is 5.41 Å². The first-order chi connectivity index (χ1) is 9.23. The highest BCUT2D eigenvalue weighted by molar-refractivity contribution is 5.83. The molecule has 19 heavy (non-hydrogen) atoms. The van der Waals surface area contributed by atoms with Gasteiger partial charge in [0.15, 0.2) is 0 Å². The number of rotatable bonds is 3. The van der Waals surface area contributed by atoms with Gasteiger partial charge >= 0.3 is 0 Å². The quantitative estimate of drug-likeness (QED) is 0.837. The van der Waals surface area contributed by atoms with Crippen molar-refractivity contribution in [2.75, 3.05) is 7.05 Å². The summed E-state index contributed by atoms with van der Waals surface area (Å²) in [6, 6.07) is 16.0. The largest absolute Gasteiger partial charge is 0.313 e. The van der Waals surface area contributed by atoms with Gasteiger partial charge in [-0.05, 0) is 47.7 Å². The van der Waals surface area contributed by atoms with Crippen LogP contribution in [0.25, 0.3) is 10.8 Å². The molecule has 0 bridgehead atoms. The second-order valence-corrected chi connectivity index (χ2v) is 6.19. The minimum absolute atomic E-state index is 0.414. The zero-order valence-electron chi connectivity index (χ0n) is 11.9. The van der Waals surface area contributed by atoms with Gasteiger partial charge in [-0.1, -0.05) is 56.2 Å². The molecule has 2 aromatic rings. The van der Waals surface area contributed by atoms with Crippen molar-refractivity contribution in [1.29, 1.82) is 0 Å². The van der Waals surface area contributed by atoms with E-state index in [-0.39, 0.29) is 0 Å². The molecule has 0 heterocycles. The Morgan fingerprint density at radius 2 is 1.68 bits per heavy atom. The molecule has 1 heteroatoms. The fourth-order valence-corrected chi connectivity index (χ4v) is 3.78. The smallest absolute Gasteiger partial charge is 0.0372 e. The van der Waals surface area contributed by atoms with E-state index in [1.54, 1.807) is 0 Å². The van der Waals surface area contributed by atoms with Gasteiger partial charge < -0.3 is 5.32 Å². The summed E-state index contributed by atoms with van der Waals surface area (Å²) in [7, 11) is 2.10. The number of hydrogen-bond acceptors (Lipinski definition) is 1. The predicted molar refractivity (Wildman–Crippen MR) is 82.3 cm³/mol. The Labute approximate surface area is 116 Å². The molecular formula is C18H23N. The number of benzene rings is 2. The van der Waals surface area contributed by atoms with Crippen molar-refractivity contribution in [2.24, 2.45) is 5.41 Å². The molecule has 0 spiro atoms. The third kappa shape index (κ3) is 2.28. The van der Waals surface area contributed by atoms with Crippen molar-refractivity contribution < 1.29 is 0 Å². The average Bonchev–Trinajstić information content (AvgIpc) is 2.87. The van der Waals surface area contributed by atoms with Crippen LogP contribution in [0.4, 0.5) is 0 Å². The summed E-state index contributed by atoms with van der Waals surface area (Å²) >= 11 is 0. The molecule has 1 aliphatic carbocycles. The van der Waals surface area contributed by atoms with E-state index in [4.69, 9.17) is 0 Å². The molecule has 2 aromatic carbocycles. The Hall–Kier alpha value is -1.34. The molecule has 1 saturated carbocycles. The van der Waals surface area contributed by atoms with Gasteiger partial charge in [-0.3, -0.25) is 0 Å². The lowest BCUT2D eigenvalue weighted by atomic mass is 9.77. The Kier molecular flexibility index (Phi) is 3.32. The molecule has 0 radical (unpaired) electrons. The molecule has 1 N–H and O–H groups in total. The Morgan fingerprint density at radius 1 is 1.00 bits per heavy atom. The second kappa shape index (κ2) is 4.97. The Balaban J connectivity index is 2.01. The summed E-state index contributed by atoms with van der Waals surface area (Å²) in [6.45, 7) is 2.44. The number of hydrogen-bond donors (Lipinski definition) is 1. The summed E-state index contributed by atoms with van der Waals surface area (Å²) in [6.07, 6.45) is 5.43. The van der Waals surface area contributed by atoms with Crippen molar-refractivity contribution in [1.82, 2.24) is 5.32 Å². The first-order valence-electron chi connectivity index (χ1n) is 7.39. The zero-order valence-corrected chi connectivity index (χ0v) is 11.9. The van der Waals surface area contributed by atoms with Crippen molar-refractivity contribution in [2.45, 2.75) is 38.6 Å². The first kappa shape index (κ1) is 12.7. The zero-order chi connectivity index (χ0) is 13.3. The molecule has 0 aromatic heterocycles. The lowest BCUT2D eigenvalue weighted by Gasteiger charge is -2.34. The van der Waals surface area contributed by atoms with E-state index in [9.17, 15) is 0 Å². The molecular weight excluding hydrogens is 230 g/mol. The van der Waals surface area contributed by atoms with Crippen molar-refractivity contribution >= 4 is 10.8 Å². The summed E-state index contributed by atoms with van der Waals surface area (Å²) in [5.74, 6) is 0. The van der Waals surface area contributed by atoms with Crippen LogP contribution in [0.5, 0.6) is 0 Å². The SMILES string of the molecule is CNC(c1ccc2ccccc2c1)C1(C)CCCC1. The highest BCUT2D eigenvalue weighted by Gasteiger charge is 2.36. The Morgan fingerprint density at radius 3 is 2.37 bits per heavy atom. The monoisotopic (exact) mass is 253 g/mol. The molecule has 0 amide bonds. The second-order valence-electron chi connectivity index (χ2n) is 6.19. The summed E-state index contributed by atoms with van der Waals surface area (Å²) in [4.78, 5) is 0. The molecule has 1 fully saturated rings. The van der Waals surface area contributed by atoms with E-state index in [2.05, 4.69) is 61.8 Å². The molecule has 100 valence electrons. The van der Waals surface area contributed by atoms with Crippen LogP contribution in [0.1, 0.15) is 44.2 Å². The van der Waals surface area contributed by atoms with Gasteiger partial charge in [-0.25, -0.2) is 0 Å². The Bertz CT molecular complexity index is 567. The fourth-order valence-electron chi connectivity index (χ4n) is 3.78. The van der Waals surface area contributed by atoms with Crippen LogP contribution >= 0.6 is 0 Å². The molecule has 0 saturated heterocycles. The van der Waals surface area contributed by atoms with Crippen molar-refractivity contribution in [3.05, 3.63) is 48.0 Å². The number of nitrogens with one attached hydrogen (secondary N) is 1.